The summed E-state index contributed by atoms with van der Waals surface area (Å²) in [6.07, 6.45) is 1.55. The van der Waals surface area contributed by atoms with Gasteiger partial charge in [0.1, 0.15) is 16.5 Å². The van der Waals surface area contributed by atoms with Gasteiger partial charge in [-0.1, -0.05) is 12.1 Å². The number of pyridine rings is 1. The van der Waals surface area contributed by atoms with Crippen LogP contribution in [0.25, 0.3) is 0 Å². The largest absolute Gasteiger partial charge is 0.354 e. The molecule has 1 aromatic carbocycles. The number of hydrogen-bond acceptors (Lipinski definition) is 5. The van der Waals surface area contributed by atoms with Crippen molar-refractivity contribution >= 4 is 15.8 Å². The second-order valence-corrected chi connectivity index (χ2v) is 7.24. The molecular weight excluding hydrogens is 331 g/mol. The molecule has 8 heteroatoms. The number of benzene rings is 1. The Morgan fingerprint density at radius 3 is 2.50 bits per heavy atom. The fourth-order valence-electron chi connectivity index (χ4n) is 2.61. The van der Waals surface area contributed by atoms with Crippen LogP contribution in [0.15, 0.2) is 47.5 Å². The molecule has 1 aromatic heterocycles. The lowest BCUT2D eigenvalue weighted by atomic mass is 10.2. The monoisotopic (exact) mass is 346 g/mol. The lowest BCUT2D eigenvalue weighted by molar-refractivity contribution is 0.381. The van der Waals surface area contributed by atoms with E-state index in [-0.39, 0.29) is 18.0 Å². The van der Waals surface area contributed by atoms with Crippen LogP contribution in [-0.2, 0) is 10.0 Å². The summed E-state index contributed by atoms with van der Waals surface area (Å²) in [7, 11) is -3.85. The van der Waals surface area contributed by atoms with E-state index in [1.165, 1.54) is 22.5 Å². The van der Waals surface area contributed by atoms with E-state index in [4.69, 9.17) is 5.26 Å². The highest BCUT2D eigenvalue weighted by molar-refractivity contribution is 7.89. The minimum absolute atomic E-state index is 0.231. The fraction of sp³-hybridized carbons (Fsp3) is 0.250. The molecule has 0 unspecified atom stereocenters. The standard InChI is InChI=1S/C16H15FN4O2S/c17-14-3-1-2-4-15(14)24(22,23)21-9-7-20(8-10-21)16-11-13(12-18)5-6-19-16/h1-6,11H,7-10H2. The van der Waals surface area contributed by atoms with E-state index in [0.29, 0.717) is 24.5 Å². The van der Waals surface area contributed by atoms with E-state index in [1.807, 2.05) is 4.90 Å². The zero-order valence-corrected chi connectivity index (χ0v) is 13.6. The Morgan fingerprint density at radius 1 is 1.12 bits per heavy atom. The van der Waals surface area contributed by atoms with Crippen molar-refractivity contribution < 1.29 is 12.8 Å². The molecule has 2 aromatic rings. The highest BCUT2D eigenvalue weighted by Crippen LogP contribution is 2.22. The zero-order chi connectivity index (χ0) is 17.2. The number of nitriles is 1. The number of sulfonamides is 1. The van der Waals surface area contributed by atoms with E-state index in [1.54, 1.807) is 18.3 Å². The molecular formula is C16H15FN4O2S. The molecule has 124 valence electrons. The van der Waals surface area contributed by atoms with Crippen molar-refractivity contribution in [1.29, 1.82) is 5.26 Å². The third-order valence-corrected chi connectivity index (χ3v) is 5.82. The molecule has 1 saturated heterocycles. The summed E-state index contributed by atoms with van der Waals surface area (Å²) in [4.78, 5) is 5.83. The van der Waals surface area contributed by atoms with Crippen molar-refractivity contribution in [1.82, 2.24) is 9.29 Å². The van der Waals surface area contributed by atoms with Gasteiger partial charge >= 0.3 is 0 Å². The third-order valence-electron chi connectivity index (χ3n) is 3.89. The Bertz CT molecular complexity index is 887. The summed E-state index contributed by atoms with van der Waals surface area (Å²) in [5.41, 5.74) is 0.501. The molecule has 1 aliphatic rings. The summed E-state index contributed by atoms with van der Waals surface area (Å²) >= 11 is 0. The first-order chi connectivity index (χ1) is 11.5. The number of rotatable bonds is 3. The minimum atomic E-state index is -3.85. The Hall–Kier alpha value is -2.50. The van der Waals surface area contributed by atoms with E-state index < -0.39 is 15.8 Å². The maximum absolute atomic E-state index is 13.8. The minimum Gasteiger partial charge on any atom is -0.354 e. The summed E-state index contributed by atoms with van der Waals surface area (Å²) in [5, 5.41) is 8.94. The predicted molar refractivity (Wildman–Crippen MR) is 86.3 cm³/mol. The predicted octanol–water partition coefficient (Wildman–Crippen LogP) is 1.60. The van der Waals surface area contributed by atoms with Crippen molar-refractivity contribution in [2.45, 2.75) is 4.90 Å². The van der Waals surface area contributed by atoms with Gasteiger partial charge in [0.25, 0.3) is 0 Å². The zero-order valence-electron chi connectivity index (χ0n) is 12.8. The number of nitrogens with zero attached hydrogens (tertiary/aromatic N) is 4. The quantitative estimate of drug-likeness (QED) is 0.844. The molecule has 0 saturated carbocycles. The van der Waals surface area contributed by atoms with Crippen LogP contribution in [0.5, 0.6) is 0 Å². The summed E-state index contributed by atoms with van der Waals surface area (Å²) in [5.74, 6) is -0.111. The molecule has 0 radical (unpaired) electrons. The van der Waals surface area contributed by atoms with Gasteiger partial charge in [0.05, 0.1) is 11.6 Å². The summed E-state index contributed by atoms with van der Waals surface area (Å²) in [6, 6.07) is 10.7. The lowest BCUT2D eigenvalue weighted by Gasteiger charge is -2.34. The Morgan fingerprint density at radius 2 is 1.83 bits per heavy atom. The molecule has 0 N–H and O–H groups in total. The maximum Gasteiger partial charge on any atom is 0.246 e. The van der Waals surface area contributed by atoms with Crippen LogP contribution in [0.2, 0.25) is 0 Å². The second-order valence-electron chi connectivity index (χ2n) is 5.34. The Kier molecular flexibility index (Phi) is 4.46. The van der Waals surface area contributed by atoms with Gasteiger partial charge in [-0.3, -0.25) is 0 Å². The van der Waals surface area contributed by atoms with E-state index >= 15 is 0 Å². The number of hydrogen-bond donors (Lipinski definition) is 0. The van der Waals surface area contributed by atoms with Gasteiger partial charge in [0.2, 0.25) is 10.0 Å². The highest BCUT2D eigenvalue weighted by atomic mass is 32.2. The average Bonchev–Trinajstić information content (AvgIpc) is 2.62. The number of halogens is 1. The second kappa shape index (κ2) is 6.55. The maximum atomic E-state index is 13.8. The molecule has 0 bridgehead atoms. The topological polar surface area (TPSA) is 77.3 Å². The van der Waals surface area contributed by atoms with Gasteiger partial charge < -0.3 is 4.90 Å². The number of piperazine rings is 1. The van der Waals surface area contributed by atoms with Gasteiger partial charge in [-0.25, -0.2) is 17.8 Å². The first kappa shape index (κ1) is 16.4. The van der Waals surface area contributed by atoms with E-state index in [2.05, 4.69) is 11.1 Å². The van der Waals surface area contributed by atoms with Crippen LogP contribution in [0, 0.1) is 17.1 Å². The van der Waals surface area contributed by atoms with Gasteiger partial charge in [0.15, 0.2) is 0 Å². The molecule has 0 aliphatic carbocycles. The van der Waals surface area contributed by atoms with Crippen molar-refractivity contribution in [3.8, 4) is 6.07 Å². The van der Waals surface area contributed by atoms with Crippen molar-refractivity contribution in [2.75, 3.05) is 31.1 Å². The van der Waals surface area contributed by atoms with Crippen LogP contribution in [-0.4, -0.2) is 43.9 Å². The van der Waals surface area contributed by atoms with Crippen molar-refractivity contribution in [3.63, 3.8) is 0 Å². The normalized spacial score (nSPS) is 15.9. The first-order valence-electron chi connectivity index (χ1n) is 7.38. The SMILES string of the molecule is N#Cc1ccnc(N2CCN(S(=O)(=O)c3ccccc3F)CC2)c1. The highest BCUT2D eigenvalue weighted by Gasteiger charge is 2.30. The molecule has 0 spiro atoms. The average molecular weight is 346 g/mol. The van der Waals surface area contributed by atoms with E-state index in [0.717, 1.165) is 6.07 Å². The van der Waals surface area contributed by atoms with Crippen LogP contribution in [0.3, 0.4) is 0 Å². The molecule has 0 atom stereocenters. The van der Waals surface area contributed by atoms with Gasteiger partial charge in [-0.15, -0.1) is 0 Å². The smallest absolute Gasteiger partial charge is 0.246 e. The van der Waals surface area contributed by atoms with Crippen molar-refractivity contribution in [2.24, 2.45) is 0 Å². The Labute approximate surface area is 139 Å². The van der Waals surface area contributed by atoms with Gasteiger partial charge in [-0.2, -0.15) is 9.57 Å². The molecule has 1 aliphatic heterocycles. The number of anilines is 1. The summed E-state index contributed by atoms with van der Waals surface area (Å²) < 4.78 is 40.2. The molecule has 6 nitrogen and oxygen atoms in total. The fourth-order valence-corrected chi connectivity index (χ4v) is 4.10. The summed E-state index contributed by atoms with van der Waals surface area (Å²) in [6.45, 7) is 1.31. The third kappa shape index (κ3) is 3.09. The van der Waals surface area contributed by atoms with Crippen LogP contribution < -0.4 is 4.90 Å². The van der Waals surface area contributed by atoms with Gasteiger partial charge in [0, 0.05) is 32.4 Å². The molecule has 0 amide bonds. The number of aromatic nitrogens is 1. The van der Waals surface area contributed by atoms with Crippen molar-refractivity contribution in [3.05, 3.63) is 54.0 Å². The van der Waals surface area contributed by atoms with E-state index in [9.17, 15) is 12.8 Å². The van der Waals surface area contributed by atoms with Crippen LogP contribution in [0.4, 0.5) is 10.2 Å². The first-order valence-corrected chi connectivity index (χ1v) is 8.82. The van der Waals surface area contributed by atoms with Crippen LogP contribution in [0.1, 0.15) is 5.56 Å². The molecule has 1 fully saturated rings. The Balaban J connectivity index is 1.75. The van der Waals surface area contributed by atoms with Crippen LogP contribution >= 0.6 is 0 Å². The molecule has 3 rings (SSSR count). The molecule has 24 heavy (non-hydrogen) atoms. The molecule has 2 heterocycles. The lowest BCUT2D eigenvalue weighted by Crippen LogP contribution is -2.49. The van der Waals surface area contributed by atoms with Gasteiger partial charge in [-0.05, 0) is 24.3 Å².